The van der Waals surface area contributed by atoms with Crippen molar-refractivity contribution in [3.05, 3.63) is 376 Å². The predicted octanol–water partition coefficient (Wildman–Crippen LogP) is 28.4. The van der Waals surface area contributed by atoms with Crippen LogP contribution in [0.5, 0.6) is 0 Å². The van der Waals surface area contributed by atoms with Crippen molar-refractivity contribution >= 4 is 128 Å². The van der Waals surface area contributed by atoms with Gasteiger partial charge in [-0.05, 0) is 139 Å². The molecule has 107 heavy (non-hydrogen) atoms. The lowest BCUT2D eigenvalue weighted by atomic mass is 9.93. The van der Waals surface area contributed by atoms with Crippen molar-refractivity contribution in [2.24, 2.45) is 0 Å². The zero-order valence-corrected chi connectivity index (χ0v) is 59.5. The molecule has 0 aliphatic rings. The zero-order valence-electron chi connectivity index (χ0n) is 57.9. The monoisotopic (exact) mass is 1390 g/mol. The first kappa shape index (κ1) is 61.0. The van der Waals surface area contributed by atoms with E-state index >= 15 is 0 Å². The number of fused-ring (bicyclic) bond motifs is 15. The fourth-order valence-electron chi connectivity index (χ4n) is 17.6. The van der Waals surface area contributed by atoms with E-state index in [9.17, 15) is 0 Å². The van der Waals surface area contributed by atoms with E-state index in [1.54, 1.807) is 0 Å². The molecule has 0 atom stereocenters. The van der Waals surface area contributed by atoms with Crippen LogP contribution in [0.1, 0.15) is 0 Å². The van der Waals surface area contributed by atoms with Gasteiger partial charge in [0.1, 0.15) is 0 Å². The van der Waals surface area contributed by atoms with Crippen molar-refractivity contribution < 1.29 is 0 Å². The van der Waals surface area contributed by atoms with E-state index in [1.165, 1.54) is 40.3 Å². The minimum atomic E-state index is 0.783. The number of hydrogen-bond acceptors (Lipinski definition) is 3. The maximum absolute atomic E-state index is 6.87. The van der Waals surface area contributed by atoms with Crippen molar-refractivity contribution in [3.8, 4) is 106 Å². The van der Waals surface area contributed by atoms with Gasteiger partial charge >= 0.3 is 0 Å². The van der Waals surface area contributed by atoms with E-state index < -0.39 is 0 Å². The van der Waals surface area contributed by atoms with Gasteiger partial charge in [-0.1, -0.05) is 309 Å². The summed E-state index contributed by atoms with van der Waals surface area (Å²) in [4.78, 5) is 6.87. The summed E-state index contributed by atoms with van der Waals surface area (Å²) in [5.74, 6) is 0.783. The molecule has 0 unspecified atom stereocenters. The quantitative estimate of drug-likeness (QED) is 0.127. The van der Waals surface area contributed by atoms with Crippen LogP contribution in [0.2, 0.25) is 0 Å². The first-order valence-electron chi connectivity index (χ1n) is 36.6. The predicted molar refractivity (Wildman–Crippen MR) is 457 cm³/mol. The van der Waals surface area contributed by atoms with Crippen LogP contribution in [0, 0.1) is 0 Å². The molecule has 0 spiro atoms. The number of thiophene rings is 2. The van der Waals surface area contributed by atoms with Crippen molar-refractivity contribution in [2.75, 3.05) is 0 Å². The van der Waals surface area contributed by atoms with Crippen LogP contribution < -0.4 is 0 Å². The molecule has 22 rings (SSSR count). The molecule has 0 aliphatic carbocycles. The Hall–Kier alpha value is -13.5. The summed E-state index contributed by atoms with van der Waals surface area (Å²) in [7, 11) is 0. The zero-order chi connectivity index (χ0) is 70.2. The van der Waals surface area contributed by atoms with Gasteiger partial charge in [-0.25, -0.2) is 4.98 Å². The molecule has 0 saturated carbocycles. The van der Waals surface area contributed by atoms with Gasteiger partial charge in [-0.3, -0.25) is 4.57 Å². The lowest BCUT2D eigenvalue weighted by Crippen LogP contribution is -2.13. The highest BCUT2D eigenvalue weighted by molar-refractivity contribution is 7.26. The first-order chi connectivity index (χ1) is 53.2. The SMILES string of the molecule is c1ccc(-c2cccc3c2c2c(-c4ccccc4)cccc2n3-c2nc(-c3ccc4sc5ccccc5c4c3)c(-n3c4cccc(-c5ccccc5)c4c4c(-c5ccccc5)cccc43)c(-c3cccc4sc5ccccc5c34)c2-n2c3cccc(-c4ccccc4)c3c3c(-c4ccccc4)cccc32)cc1. The Balaban J connectivity index is 1.05. The molecule has 0 radical (unpaired) electrons. The molecule has 0 N–H and O–H groups in total. The molecule has 4 nitrogen and oxygen atoms in total. The van der Waals surface area contributed by atoms with E-state index in [1.807, 2.05) is 22.7 Å². The molecule has 6 aromatic heterocycles. The van der Waals surface area contributed by atoms with E-state index in [0.717, 1.165) is 172 Å². The van der Waals surface area contributed by atoms with Crippen molar-refractivity contribution in [1.29, 1.82) is 0 Å². The van der Waals surface area contributed by atoms with Gasteiger partial charge in [0.25, 0.3) is 0 Å². The lowest BCUT2D eigenvalue weighted by Gasteiger charge is -2.27. The topological polar surface area (TPSA) is 27.7 Å². The van der Waals surface area contributed by atoms with Crippen LogP contribution in [0.4, 0.5) is 0 Å². The Labute approximate surface area is 625 Å². The number of benzene rings is 16. The molecule has 0 bridgehead atoms. The highest BCUT2D eigenvalue weighted by Gasteiger charge is 2.35. The van der Waals surface area contributed by atoms with Crippen LogP contribution in [0.25, 0.3) is 212 Å². The second kappa shape index (κ2) is 24.6. The third-order valence-corrected chi connectivity index (χ3v) is 24.4. The Morgan fingerprint density at radius 1 is 0.196 bits per heavy atom. The molecule has 6 heteroatoms. The van der Waals surface area contributed by atoms with Gasteiger partial charge in [-0.15, -0.1) is 22.7 Å². The number of pyridine rings is 1. The minimum absolute atomic E-state index is 0.783. The standard InChI is InChI=1S/C101H62N4S2/c1-7-30-63(31-8-1)70-44-23-51-80-91(70)92-71(64-32-9-2-10-33-64)45-24-52-81(92)103(80)99-97(78-50-29-59-89-90(78)77-43-20-22-58-87(77)107-89)100(104-82-53-25-46-72(65-34-11-3-12-35-65)93(82)94-73(47-26-54-83(94)104)66-36-13-4-14-37-66)101(102-98(99)69-60-61-88-79(62-69)76-42-19-21-57-86(76)106-88)105-84-55-27-48-74(67-38-15-5-16-39-67)95(84)96-75(49-28-56-85(96)105)68-40-17-6-18-41-68/h1-62H. The molecule has 0 fully saturated rings. The Kier molecular flexibility index (Phi) is 14.0. The molecule has 6 heterocycles. The summed E-state index contributed by atoms with van der Waals surface area (Å²) in [6, 6.07) is 140. The smallest absolute Gasteiger partial charge is 0.163 e. The summed E-state index contributed by atoms with van der Waals surface area (Å²) in [6.45, 7) is 0. The summed E-state index contributed by atoms with van der Waals surface area (Å²) in [6.07, 6.45) is 0. The summed E-state index contributed by atoms with van der Waals surface area (Å²) < 4.78 is 12.7. The van der Waals surface area contributed by atoms with Gasteiger partial charge in [-0.2, -0.15) is 0 Å². The van der Waals surface area contributed by atoms with Crippen LogP contribution >= 0.6 is 22.7 Å². The maximum atomic E-state index is 6.87. The van der Waals surface area contributed by atoms with Gasteiger partial charge in [0, 0.05) is 83.8 Å². The largest absolute Gasteiger partial charge is 0.306 e. The maximum Gasteiger partial charge on any atom is 0.163 e. The average Bonchev–Trinajstić information content (AvgIpc) is 1.56. The Bertz CT molecular complexity index is 7040. The highest BCUT2D eigenvalue weighted by Crippen LogP contribution is 2.56. The van der Waals surface area contributed by atoms with E-state index in [-0.39, 0.29) is 0 Å². The van der Waals surface area contributed by atoms with Crippen molar-refractivity contribution in [2.45, 2.75) is 0 Å². The summed E-state index contributed by atoms with van der Waals surface area (Å²) in [5.41, 5.74) is 25.9. The van der Waals surface area contributed by atoms with Crippen LogP contribution in [-0.4, -0.2) is 18.7 Å². The second-order valence-corrected chi connectivity index (χ2v) is 30.0. The molecular weight excluding hydrogens is 1330 g/mol. The van der Waals surface area contributed by atoms with Gasteiger partial charge in [0.2, 0.25) is 0 Å². The summed E-state index contributed by atoms with van der Waals surface area (Å²) >= 11 is 3.71. The minimum Gasteiger partial charge on any atom is -0.306 e. The number of aromatic nitrogens is 4. The third kappa shape index (κ3) is 9.43. The average molecular weight is 1400 g/mol. The van der Waals surface area contributed by atoms with Crippen LogP contribution in [0.15, 0.2) is 376 Å². The number of hydrogen-bond donors (Lipinski definition) is 0. The Morgan fingerprint density at radius 2 is 0.495 bits per heavy atom. The van der Waals surface area contributed by atoms with E-state index in [4.69, 9.17) is 4.98 Å². The van der Waals surface area contributed by atoms with Gasteiger partial charge in [0.05, 0.1) is 50.2 Å². The lowest BCUT2D eigenvalue weighted by molar-refractivity contribution is 1.01. The highest BCUT2D eigenvalue weighted by atomic mass is 32.1. The number of nitrogens with zero attached hydrogens (tertiary/aromatic N) is 4. The fourth-order valence-corrected chi connectivity index (χ4v) is 19.9. The first-order valence-corrected chi connectivity index (χ1v) is 38.2. The van der Waals surface area contributed by atoms with Gasteiger partial charge in [0.15, 0.2) is 5.82 Å². The van der Waals surface area contributed by atoms with E-state index in [2.05, 4.69) is 390 Å². The molecule has 0 saturated heterocycles. The van der Waals surface area contributed by atoms with Crippen molar-refractivity contribution in [3.63, 3.8) is 0 Å². The van der Waals surface area contributed by atoms with Crippen LogP contribution in [0.3, 0.4) is 0 Å². The molecule has 498 valence electrons. The Morgan fingerprint density at radius 3 is 0.897 bits per heavy atom. The van der Waals surface area contributed by atoms with Crippen molar-refractivity contribution in [1.82, 2.24) is 18.7 Å². The van der Waals surface area contributed by atoms with E-state index in [0.29, 0.717) is 0 Å². The fraction of sp³-hybridized carbons (Fsp3) is 0. The third-order valence-electron chi connectivity index (χ3n) is 22.1. The molecule has 22 aromatic rings. The number of rotatable bonds is 11. The summed E-state index contributed by atoms with van der Waals surface area (Å²) in [5, 5.41) is 11.7. The molecule has 0 amide bonds. The molecule has 16 aromatic carbocycles. The molecular formula is C101H62N4S2. The van der Waals surface area contributed by atoms with Crippen LogP contribution in [-0.2, 0) is 0 Å². The normalized spacial score (nSPS) is 11.9. The van der Waals surface area contributed by atoms with Gasteiger partial charge < -0.3 is 9.13 Å². The molecule has 0 aliphatic heterocycles. The second-order valence-electron chi connectivity index (χ2n) is 27.8.